The molecule has 4 aromatic heterocycles. The summed E-state index contributed by atoms with van der Waals surface area (Å²) in [5.41, 5.74) is 5.88. The molecule has 5 heterocycles. The smallest absolute Gasteiger partial charge is 0.179 e. The molecule has 1 aromatic carbocycles. The quantitative estimate of drug-likeness (QED) is 0.255. The fraction of sp³-hybridized carbons (Fsp3) is 0.438. The second-order valence-corrected chi connectivity index (χ2v) is 14.1. The van der Waals surface area contributed by atoms with Gasteiger partial charge >= 0.3 is 0 Å². The Morgan fingerprint density at radius 3 is 2.42 bits per heavy atom. The molecule has 7 rings (SSSR count). The summed E-state index contributed by atoms with van der Waals surface area (Å²) in [4.78, 5) is 10.0. The molecule has 0 unspecified atom stereocenters. The number of ether oxygens (including phenoxy) is 1. The van der Waals surface area contributed by atoms with Crippen molar-refractivity contribution in [3.8, 4) is 11.3 Å². The van der Waals surface area contributed by atoms with Crippen LogP contribution in [0.15, 0.2) is 53.7 Å². The summed E-state index contributed by atoms with van der Waals surface area (Å²) in [6.07, 6.45) is 8.71. The van der Waals surface area contributed by atoms with Crippen molar-refractivity contribution >= 4 is 37.6 Å². The maximum atomic E-state index is 13.5. The molecule has 11 heteroatoms. The van der Waals surface area contributed by atoms with Crippen LogP contribution in [0.3, 0.4) is 0 Å². The highest BCUT2D eigenvalue weighted by Gasteiger charge is 2.35. The van der Waals surface area contributed by atoms with E-state index in [0.717, 1.165) is 51.8 Å². The zero-order chi connectivity index (χ0) is 29.9. The normalized spacial score (nSPS) is 17.9. The van der Waals surface area contributed by atoms with Gasteiger partial charge in [-0.25, -0.2) is 18.1 Å². The topological polar surface area (TPSA) is 117 Å². The van der Waals surface area contributed by atoms with Gasteiger partial charge in [-0.15, -0.1) is 5.10 Å². The van der Waals surface area contributed by atoms with Gasteiger partial charge in [-0.2, -0.15) is 0 Å². The Morgan fingerprint density at radius 2 is 1.77 bits per heavy atom. The molecule has 1 aliphatic carbocycles. The molecule has 1 saturated carbocycles. The monoisotopic (exact) mass is 599 g/mol. The van der Waals surface area contributed by atoms with Crippen molar-refractivity contribution < 1.29 is 13.2 Å². The highest BCUT2D eigenvalue weighted by molar-refractivity contribution is 7.91. The van der Waals surface area contributed by atoms with Crippen LogP contribution in [0.4, 0.5) is 5.82 Å². The third-order valence-corrected chi connectivity index (χ3v) is 10.2. The van der Waals surface area contributed by atoms with Gasteiger partial charge in [0, 0.05) is 44.3 Å². The number of anilines is 1. The van der Waals surface area contributed by atoms with Crippen molar-refractivity contribution in [1.82, 2.24) is 29.5 Å². The van der Waals surface area contributed by atoms with Crippen molar-refractivity contribution in [3.63, 3.8) is 0 Å². The molecule has 0 radical (unpaired) electrons. The predicted molar refractivity (Wildman–Crippen MR) is 167 cm³/mol. The Labute approximate surface area is 251 Å². The molecule has 0 amide bonds. The Morgan fingerprint density at radius 1 is 1.02 bits per heavy atom. The van der Waals surface area contributed by atoms with Crippen LogP contribution in [0.25, 0.3) is 33.2 Å². The molecule has 0 spiro atoms. The van der Waals surface area contributed by atoms with Crippen LogP contribution < -0.4 is 5.32 Å². The van der Waals surface area contributed by atoms with Gasteiger partial charge in [-0.3, -0.25) is 4.98 Å². The van der Waals surface area contributed by atoms with Crippen LogP contribution in [0.1, 0.15) is 49.9 Å². The fourth-order valence-electron chi connectivity index (χ4n) is 6.80. The molecule has 5 aromatic rings. The maximum Gasteiger partial charge on any atom is 0.179 e. The molecule has 43 heavy (non-hydrogen) atoms. The Balaban J connectivity index is 1.61. The lowest BCUT2D eigenvalue weighted by molar-refractivity contribution is 0.0552. The summed E-state index contributed by atoms with van der Waals surface area (Å²) < 4.78 is 36.7. The van der Waals surface area contributed by atoms with Crippen molar-refractivity contribution in [2.24, 2.45) is 18.9 Å². The van der Waals surface area contributed by atoms with Gasteiger partial charge in [-0.1, -0.05) is 35.5 Å². The third-order valence-electron chi connectivity index (χ3n) is 9.12. The van der Waals surface area contributed by atoms with Crippen molar-refractivity contribution in [3.05, 3.63) is 60.0 Å². The number of hydrogen-bond donors (Lipinski definition) is 1. The van der Waals surface area contributed by atoms with Crippen molar-refractivity contribution in [2.45, 2.75) is 56.5 Å². The molecular formula is C32H37N7O3S. The van der Waals surface area contributed by atoms with Crippen LogP contribution in [0, 0.1) is 18.8 Å². The summed E-state index contributed by atoms with van der Waals surface area (Å²) in [5, 5.41) is 12.9. The Kier molecular flexibility index (Phi) is 6.97. The van der Waals surface area contributed by atoms with Gasteiger partial charge in [0.05, 0.1) is 45.6 Å². The first-order valence-electron chi connectivity index (χ1n) is 15.0. The Bertz CT molecular complexity index is 1900. The van der Waals surface area contributed by atoms with E-state index in [1.165, 1.54) is 25.3 Å². The van der Waals surface area contributed by atoms with Gasteiger partial charge in [0.15, 0.2) is 9.84 Å². The minimum absolute atomic E-state index is 0.149. The first kappa shape index (κ1) is 28.0. The SMILES string of the molecule is Cc1nnn(C)c1-c1cnc2c3c(N[C@@H](C)C4CC4)ncc(S(C)(=O)=O)c3n([C@H](c3ccccc3)C3CCOCC3)c2c1. The van der Waals surface area contributed by atoms with E-state index in [9.17, 15) is 8.42 Å². The van der Waals surface area contributed by atoms with Crippen LogP contribution in [-0.2, 0) is 21.6 Å². The van der Waals surface area contributed by atoms with E-state index >= 15 is 0 Å². The second-order valence-electron chi connectivity index (χ2n) is 12.2. The summed E-state index contributed by atoms with van der Waals surface area (Å²) in [7, 11) is -1.78. The predicted octanol–water partition coefficient (Wildman–Crippen LogP) is 5.32. The summed E-state index contributed by atoms with van der Waals surface area (Å²) in [5.74, 6) is 1.48. The van der Waals surface area contributed by atoms with Gasteiger partial charge in [0.25, 0.3) is 0 Å². The number of nitrogens with one attached hydrogen (secondary N) is 1. The average molecular weight is 600 g/mol. The van der Waals surface area contributed by atoms with E-state index in [1.54, 1.807) is 4.68 Å². The summed E-state index contributed by atoms with van der Waals surface area (Å²) in [6, 6.07) is 12.6. The number of aryl methyl sites for hydroxylation is 2. The number of rotatable bonds is 8. The maximum absolute atomic E-state index is 13.5. The van der Waals surface area contributed by atoms with E-state index in [2.05, 4.69) is 45.3 Å². The molecular weight excluding hydrogens is 562 g/mol. The van der Waals surface area contributed by atoms with E-state index in [4.69, 9.17) is 14.7 Å². The summed E-state index contributed by atoms with van der Waals surface area (Å²) >= 11 is 0. The van der Waals surface area contributed by atoms with Crippen LogP contribution in [0.2, 0.25) is 0 Å². The third kappa shape index (κ3) is 4.98. The van der Waals surface area contributed by atoms with Crippen LogP contribution in [0.5, 0.6) is 0 Å². The molecule has 1 N–H and O–H groups in total. The number of hydrogen-bond acceptors (Lipinski definition) is 8. The molecule has 0 bridgehead atoms. The minimum Gasteiger partial charge on any atom is -0.381 e. The average Bonchev–Trinajstić information content (AvgIpc) is 3.73. The zero-order valence-electron chi connectivity index (χ0n) is 25.0. The second kappa shape index (κ2) is 10.7. The number of benzene rings is 1. The molecule has 2 aliphatic rings. The summed E-state index contributed by atoms with van der Waals surface area (Å²) in [6.45, 7) is 5.44. The molecule has 1 aliphatic heterocycles. The molecule has 2 fully saturated rings. The number of sulfone groups is 1. The molecule has 10 nitrogen and oxygen atoms in total. The van der Waals surface area contributed by atoms with Gasteiger partial charge in [-0.05, 0) is 63.0 Å². The van der Waals surface area contributed by atoms with Crippen molar-refractivity contribution in [1.29, 1.82) is 0 Å². The number of fused-ring (bicyclic) bond motifs is 3. The standard InChI is InChI=1S/C32H37N7O3S/c1-19(21-10-11-21)35-32-27-28-25(16-24(17-33-28)29-20(2)36-37-38(29)3)39(31(27)26(18-34-32)43(4,40)41)30(22-8-6-5-7-9-22)23-12-14-42-15-13-23/h5-9,16-19,21,23,30H,10-15H2,1-4H3,(H,34,35)/t19-,30+/m0/s1. The van der Waals surface area contributed by atoms with Gasteiger partial charge in [0.1, 0.15) is 10.7 Å². The Hall–Kier alpha value is -3.83. The van der Waals surface area contributed by atoms with Gasteiger partial charge in [0.2, 0.25) is 0 Å². The lowest BCUT2D eigenvalue weighted by atomic mass is 9.86. The highest BCUT2D eigenvalue weighted by Crippen LogP contribution is 2.45. The zero-order valence-corrected chi connectivity index (χ0v) is 25.8. The van der Waals surface area contributed by atoms with E-state index in [-0.39, 0.29) is 22.9 Å². The lowest BCUT2D eigenvalue weighted by Crippen LogP contribution is -2.27. The van der Waals surface area contributed by atoms with Crippen LogP contribution >= 0.6 is 0 Å². The van der Waals surface area contributed by atoms with E-state index in [0.29, 0.717) is 30.5 Å². The minimum atomic E-state index is -3.65. The van der Waals surface area contributed by atoms with E-state index < -0.39 is 9.84 Å². The van der Waals surface area contributed by atoms with Crippen molar-refractivity contribution in [2.75, 3.05) is 24.8 Å². The van der Waals surface area contributed by atoms with Crippen LogP contribution in [-0.4, -0.2) is 63.5 Å². The van der Waals surface area contributed by atoms with Gasteiger partial charge < -0.3 is 14.6 Å². The fourth-order valence-corrected chi connectivity index (χ4v) is 7.59. The number of aromatic nitrogens is 6. The first-order chi connectivity index (χ1) is 20.7. The largest absolute Gasteiger partial charge is 0.381 e. The number of nitrogens with zero attached hydrogens (tertiary/aromatic N) is 6. The molecule has 2 atom stereocenters. The molecule has 1 saturated heterocycles. The van der Waals surface area contributed by atoms with E-state index in [1.807, 2.05) is 38.4 Å². The lowest BCUT2D eigenvalue weighted by Gasteiger charge is -2.33. The highest BCUT2D eigenvalue weighted by atomic mass is 32.2. The molecule has 224 valence electrons. The number of pyridine rings is 2. The first-order valence-corrected chi connectivity index (χ1v) is 16.9.